The monoisotopic (exact) mass is 665 g/mol. The quantitative estimate of drug-likeness (QED) is 0.180. The number of alkyl halides is 4. The molecule has 2 aromatic carbocycles. The third kappa shape index (κ3) is 4.73. The largest absolute Gasteiger partial charge is 0.348 e. The predicted molar refractivity (Wildman–Crippen MR) is 158 cm³/mol. The van der Waals surface area contributed by atoms with Crippen molar-refractivity contribution in [1.29, 1.82) is 0 Å². The van der Waals surface area contributed by atoms with Gasteiger partial charge in [0, 0.05) is 41.1 Å². The topological polar surface area (TPSA) is 118 Å². The van der Waals surface area contributed by atoms with Gasteiger partial charge in [-0.05, 0) is 53.3 Å². The Bertz CT molecular complexity index is 2140. The Morgan fingerprint density at radius 2 is 1.85 bits per heavy atom. The van der Waals surface area contributed by atoms with Gasteiger partial charge in [-0.2, -0.15) is 19.0 Å². The number of amides is 2. The van der Waals surface area contributed by atoms with E-state index in [1.54, 1.807) is 31.2 Å². The number of rotatable bonds is 8. The zero-order valence-corrected chi connectivity index (χ0v) is 25.0. The van der Waals surface area contributed by atoms with E-state index in [1.807, 2.05) is 0 Å². The number of pyridine rings is 1. The molecule has 0 radical (unpaired) electrons. The van der Waals surface area contributed by atoms with Gasteiger partial charge >= 0.3 is 0 Å². The van der Waals surface area contributed by atoms with Crippen LogP contribution in [-0.4, -0.2) is 36.8 Å². The smallest absolute Gasteiger partial charge is 0.293 e. The zero-order chi connectivity index (χ0) is 33.6. The van der Waals surface area contributed by atoms with Crippen LogP contribution in [0.25, 0.3) is 22.2 Å². The van der Waals surface area contributed by atoms with E-state index >= 15 is 8.78 Å². The van der Waals surface area contributed by atoms with Gasteiger partial charge in [-0.15, -0.1) is 0 Å². The first-order valence-corrected chi connectivity index (χ1v) is 15.2. The van der Waals surface area contributed by atoms with E-state index < -0.39 is 71.6 Å². The average Bonchev–Trinajstić information content (AvgIpc) is 3.43. The third-order valence-corrected chi connectivity index (χ3v) is 9.55. The number of aromatic nitrogens is 5. The second-order valence-electron chi connectivity index (χ2n) is 12.5. The van der Waals surface area contributed by atoms with Crippen molar-refractivity contribution in [3.63, 3.8) is 0 Å². The van der Waals surface area contributed by atoms with Gasteiger partial charge in [0.15, 0.2) is 0 Å². The molecule has 9 nitrogen and oxygen atoms in total. The van der Waals surface area contributed by atoms with Crippen LogP contribution in [0.5, 0.6) is 0 Å². The van der Waals surface area contributed by atoms with Crippen LogP contribution in [0.1, 0.15) is 69.4 Å². The lowest BCUT2D eigenvalue weighted by Gasteiger charge is -2.23. The van der Waals surface area contributed by atoms with Crippen molar-refractivity contribution >= 4 is 22.8 Å². The summed E-state index contributed by atoms with van der Waals surface area (Å²) in [5.74, 6) is -8.74. The molecule has 0 bridgehead atoms. The molecule has 4 atom stereocenters. The number of nitrogens with zero attached hydrogens (tertiary/aromatic N) is 4. The molecular formula is C33H25F6N7O2. The van der Waals surface area contributed by atoms with Crippen LogP contribution in [0.3, 0.4) is 0 Å². The summed E-state index contributed by atoms with van der Waals surface area (Å²) in [5, 5.41) is 16.1. The first kappa shape index (κ1) is 30.1. The number of H-pyrrole nitrogens is 1. The molecule has 0 spiro atoms. The summed E-state index contributed by atoms with van der Waals surface area (Å²) in [4.78, 5) is 30.9. The molecular weight excluding hydrogens is 640 g/mol. The van der Waals surface area contributed by atoms with E-state index in [2.05, 4.69) is 25.9 Å². The summed E-state index contributed by atoms with van der Waals surface area (Å²) in [7, 11) is 0. The first-order chi connectivity index (χ1) is 22.9. The first-order valence-electron chi connectivity index (χ1n) is 15.2. The van der Waals surface area contributed by atoms with Crippen molar-refractivity contribution in [3.05, 3.63) is 99.6 Å². The zero-order valence-electron chi connectivity index (χ0n) is 25.0. The Morgan fingerprint density at radius 3 is 2.60 bits per heavy atom. The van der Waals surface area contributed by atoms with Gasteiger partial charge in [-0.25, -0.2) is 22.5 Å². The highest BCUT2D eigenvalue weighted by Gasteiger charge is 2.71. The lowest BCUT2D eigenvalue weighted by atomic mass is 9.93. The second kappa shape index (κ2) is 10.7. The minimum Gasteiger partial charge on any atom is -0.348 e. The fourth-order valence-electron chi connectivity index (χ4n) is 7.40. The Balaban J connectivity index is 1.21. The molecule has 3 aromatic heterocycles. The SMILES string of the molecule is C[C@@H]1[C@@H]2c3c(C(F)F)nn(CC(=O)N[C@@H](Cc4cc(F)cc(F)c4)c4nc5cn[nH]c5cc4-c4ccc5c(c4)C(=O)NC5)c3C(F)(F)[C@H]12. The second-order valence-corrected chi connectivity index (χ2v) is 12.5. The number of carbonyl (C=O) groups is 2. The molecule has 15 heteroatoms. The molecule has 1 fully saturated rings. The van der Waals surface area contributed by atoms with Crippen molar-refractivity contribution < 1.29 is 35.9 Å². The number of hydrogen-bond donors (Lipinski definition) is 3. The van der Waals surface area contributed by atoms with Crippen LogP contribution in [0.15, 0.2) is 48.7 Å². The minimum atomic E-state index is -3.46. The van der Waals surface area contributed by atoms with Crippen molar-refractivity contribution in [1.82, 2.24) is 35.6 Å². The van der Waals surface area contributed by atoms with Crippen LogP contribution in [0.2, 0.25) is 0 Å². The maximum absolute atomic E-state index is 15.4. The third-order valence-electron chi connectivity index (χ3n) is 9.55. The van der Waals surface area contributed by atoms with Crippen LogP contribution < -0.4 is 10.6 Å². The van der Waals surface area contributed by atoms with Gasteiger partial charge in [0.1, 0.15) is 35.1 Å². The van der Waals surface area contributed by atoms with E-state index in [-0.39, 0.29) is 29.1 Å². The highest BCUT2D eigenvalue weighted by atomic mass is 19.3. The summed E-state index contributed by atoms with van der Waals surface area (Å²) < 4.78 is 88.0. The lowest BCUT2D eigenvalue weighted by molar-refractivity contribution is -0.123. The van der Waals surface area contributed by atoms with Crippen LogP contribution in [-0.2, 0) is 30.2 Å². The molecule has 0 unspecified atom stereocenters. The van der Waals surface area contributed by atoms with E-state index in [1.165, 1.54) is 6.20 Å². The summed E-state index contributed by atoms with van der Waals surface area (Å²) in [6.07, 6.45) is -1.89. The normalized spacial score (nSPS) is 20.8. The number of halogens is 6. The molecule has 246 valence electrons. The van der Waals surface area contributed by atoms with E-state index in [0.29, 0.717) is 45.0 Å². The van der Waals surface area contributed by atoms with E-state index in [9.17, 15) is 27.2 Å². The van der Waals surface area contributed by atoms with Crippen molar-refractivity contribution in [2.24, 2.45) is 11.8 Å². The molecule has 5 aromatic rings. The number of carbonyl (C=O) groups excluding carboxylic acids is 2. The lowest BCUT2D eigenvalue weighted by Crippen LogP contribution is -2.35. The maximum atomic E-state index is 15.4. The number of hydrogen-bond acceptors (Lipinski definition) is 5. The molecule has 0 saturated heterocycles. The average molecular weight is 666 g/mol. The Kier molecular flexibility index (Phi) is 6.69. The summed E-state index contributed by atoms with van der Waals surface area (Å²) >= 11 is 0. The van der Waals surface area contributed by atoms with Crippen molar-refractivity contribution in [2.75, 3.05) is 0 Å². The Hall–Kier alpha value is -5.21. The highest BCUT2D eigenvalue weighted by molar-refractivity contribution is 5.99. The minimum absolute atomic E-state index is 0.145. The fourth-order valence-corrected chi connectivity index (χ4v) is 7.40. The summed E-state index contributed by atoms with van der Waals surface area (Å²) in [5.41, 5.74) is 1.79. The standard InChI is InChI=1S/C33H25F6N7O2/c1-13-25-26-29(31(36)37)45-46(30(26)33(38,39)27(13)25)12-24(47)42-22(6-14-4-17(34)8-18(35)5-14)28-19(9-21-23(43-28)11-41-44-21)15-2-3-16-10-40-32(48)20(16)7-15/h2-5,7-9,11,13,22,25,27,31H,6,10,12H2,1H3,(H,40,48)(H,41,44)(H,42,47)/t13-,22+,25-,27-/m1/s1. The van der Waals surface area contributed by atoms with Crippen molar-refractivity contribution in [3.8, 4) is 11.1 Å². The molecule has 1 aliphatic heterocycles. The molecule has 4 heterocycles. The number of nitrogens with one attached hydrogen (secondary N) is 3. The van der Waals surface area contributed by atoms with E-state index in [4.69, 9.17) is 4.98 Å². The molecule has 3 N–H and O–H groups in total. The summed E-state index contributed by atoms with van der Waals surface area (Å²) in [6, 6.07) is 8.63. The van der Waals surface area contributed by atoms with Crippen molar-refractivity contribution in [2.45, 2.75) is 50.7 Å². The van der Waals surface area contributed by atoms with Crippen LogP contribution >= 0.6 is 0 Å². The number of aromatic amines is 1. The molecule has 2 amide bonds. The maximum Gasteiger partial charge on any atom is 0.293 e. The van der Waals surface area contributed by atoms with Crippen LogP contribution in [0.4, 0.5) is 26.3 Å². The molecule has 48 heavy (non-hydrogen) atoms. The van der Waals surface area contributed by atoms with Gasteiger partial charge in [-0.3, -0.25) is 19.4 Å². The highest BCUT2D eigenvalue weighted by Crippen LogP contribution is 2.71. The Labute approximate surface area is 267 Å². The fraction of sp³-hybridized carbons (Fsp3) is 0.303. The number of fused-ring (bicyclic) bond motifs is 5. The molecule has 1 saturated carbocycles. The predicted octanol–water partition coefficient (Wildman–Crippen LogP) is 5.84. The van der Waals surface area contributed by atoms with Gasteiger partial charge in [0.2, 0.25) is 5.91 Å². The molecule has 8 rings (SSSR count). The summed E-state index contributed by atoms with van der Waals surface area (Å²) in [6.45, 7) is 1.10. The van der Waals surface area contributed by atoms with Crippen LogP contribution in [0, 0.1) is 23.5 Å². The molecule has 3 aliphatic rings. The van der Waals surface area contributed by atoms with Gasteiger partial charge in [-0.1, -0.05) is 19.1 Å². The van der Waals surface area contributed by atoms with Gasteiger partial charge < -0.3 is 10.6 Å². The number of benzene rings is 2. The van der Waals surface area contributed by atoms with Gasteiger partial charge in [0.25, 0.3) is 18.3 Å². The van der Waals surface area contributed by atoms with Gasteiger partial charge in [0.05, 0.1) is 23.4 Å². The molecule has 2 aliphatic carbocycles. The van der Waals surface area contributed by atoms with E-state index in [0.717, 1.165) is 17.7 Å². The Morgan fingerprint density at radius 1 is 1.08 bits per heavy atom.